The second-order valence-electron chi connectivity index (χ2n) is 6.09. The van der Waals surface area contributed by atoms with Crippen molar-refractivity contribution in [1.29, 1.82) is 0 Å². The number of nitrogen functional groups attached to an aromatic ring is 1. The Balaban J connectivity index is 1.78. The summed E-state index contributed by atoms with van der Waals surface area (Å²) in [6, 6.07) is 18.2. The minimum atomic E-state index is 0.754. The molecule has 1 aliphatic rings. The fraction of sp³-hybridized carbons (Fsp3) is 0.105. The summed E-state index contributed by atoms with van der Waals surface area (Å²) in [6.45, 7) is 0. The van der Waals surface area contributed by atoms with Gasteiger partial charge in [-0.2, -0.15) is 9.61 Å². The molecule has 0 atom stereocenters. The number of rotatable bonds is 1. The van der Waals surface area contributed by atoms with Crippen LogP contribution in [0, 0.1) is 0 Å². The first-order valence-corrected chi connectivity index (χ1v) is 7.99. The molecule has 0 saturated carbocycles. The van der Waals surface area contributed by atoms with Crippen LogP contribution in [0.25, 0.3) is 28.3 Å². The summed E-state index contributed by atoms with van der Waals surface area (Å²) in [6.07, 6.45) is 1.96. The maximum Gasteiger partial charge on any atom is 0.185 e. The van der Waals surface area contributed by atoms with Crippen molar-refractivity contribution in [3.8, 4) is 22.6 Å². The molecule has 2 aromatic heterocycles. The first kappa shape index (κ1) is 13.2. The van der Waals surface area contributed by atoms with Crippen LogP contribution in [0.5, 0.6) is 0 Å². The zero-order valence-electron chi connectivity index (χ0n) is 13.0. The molecule has 2 heterocycles. The van der Waals surface area contributed by atoms with Crippen molar-refractivity contribution in [3.05, 3.63) is 65.7 Å². The summed E-state index contributed by atoms with van der Waals surface area (Å²) in [4.78, 5) is 0. The first-order chi connectivity index (χ1) is 11.8. The fourth-order valence-corrected chi connectivity index (χ4v) is 3.36. The normalized spacial score (nSPS) is 12.8. The molecule has 0 amide bonds. The molecule has 0 spiro atoms. The summed E-state index contributed by atoms with van der Waals surface area (Å²) in [5.41, 5.74) is 13.1. The van der Waals surface area contributed by atoms with E-state index in [1.54, 1.807) is 0 Å². The summed E-state index contributed by atoms with van der Waals surface area (Å²) in [5.74, 6) is 0.754. The Bertz CT molecular complexity index is 1070. The molecule has 2 aromatic carbocycles. The monoisotopic (exact) mass is 313 g/mol. The lowest BCUT2D eigenvalue weighted by Gasteiger charge is -2.19. The quantitative estimate of drug-likeness (QED) is 0.548. The number of fused-ring (bicyclic) bond motifs is 4. The molecule has 0 unspecified atom stereocenters. The van der Waals surface area contributed by atoms with Crippen LogP contribution in [0.2, 0.25) is 0 Å². The van der Waals surface area contributed by atoms with Gasteiger partial charge >= 0.3 is 0 Å². The lowest BCUT2D eigenvalue weighted by Crippen LogP contribution is -2.09. The summed E-state index contributed by atoms with van der Waals surface area (Å²) in [7, 11) is 0. The van der Waals surface area contributed by atoms with E-state index in [9.17, 15) is 0 Å². The standard InChI is InChI=1S/C19H15N5/c20-15-9-8-12-6-7-14-10-17-21-22-19(13-4-2-1-3-5-13)24(17)23-18(14)16(12)11-15/h1-5,8-11H,6-7,20H2. The van der Waals surface area contributed by atoms with Crippen molar-refractivity contribution in [2.45, 2.75) is 12.8 Å². The Morgan fingerprint density at radius 2 is 1.71 bits per heavy atom. The molecule has 1 aliphatic carbocycles. The van der Waals surface area contributed by atoms with E-state index in [1.807, 2.05) is 47.0 Å². The molecular weight excluding hydrogens is 298 g/mol. The highest BCUT2D eigenvalue weighted by Crippen LogP contribution is 2.34. The number of nitrogens with two attached hydrogens (primary N) is 1. The first-order valence-electron chi connectivity index (χ1n) is 7.99. The second-order valence-corrected chi connectivity index (χ2v) is 6.09. The Morgan fingerprint density at radius 3 is 2.58 bits per heavy atom. The molecule has 0 radical (unpaired) electrons. The van der Waals surface area contributed by atoms with E-state index in [2.05, 4.69) is 22.3 Å². The Hall–Kier alpha value is -3.21. The van der Waals surface area contributed by atoms with E-state index in [0.717, 1.165) is 46.8 Å². The van der Waals surface area contributed by atoms with Gasteiger partial charge in [0.2, 0.25) is 0 Å². The van der Waals surface area contributed by atoms with Crippen molar-refractivity contribution < 1.29 is 0 Å². The number of hydrogen-bond acceptors (Lipinski definition) is 4. The highest BCUT2D eigenvalue weighted by Gasteiger charge is 2.20. The highest BCUT2D eigenvalue weighted by molar-refractivity contribution is 5.74. The topological polar surface area (TPSA) is 69.1 Å². The van der Waals surface area contributed by atoms with E-state index in [-0.39, 0.29) is 0 Å². The van der Waals surface area contributed by atoms with Crippen LogP contribution in [0.15, 0.2) is 54.6 Å². The Kier molecular flexibility index (Phi) is 2.70. The van der Waals surface area contributed by atoms with Gasteiger partial charge < -0.3 is 5.73 Å². The lowest BCUT2D eigenvalue weighted by atomic mass is 9.89. The molecule has 5 nitrogen and oxygen atoms in total. The second kappa shape index (κ2) is 4.89. The van der Waals surface area contributed by atoms with E-state index >= 15 is 0 Å². The minimum absolute atomic E-state index is 0.754. The van der Waals surface area contributed by atoms with Crippen LogP contribution in [-0.2, 0) is 12.8 Å². The number of aromatic nitrogens is 4. The van der Waals surface area contributed by atoms with Crippen molar-refractivity contribution >= 4 is 11.3 Å². The van der Waals surface area contributed by atoms with Gasteiger partial charge in [-0.3, -0.25) is 0 Å². The predicted molar refractivity (Wildman–Crippen MR) is 93.5 cm³/mol. The average Bonchev–Trinajstić information content (AvgIpc) is 3.03. The predicted octanol–water partition coefficient (Wildman–Crippen LogP) is 3.14. The number of aryl methyl sites for hydroxylation is 2. The van der Waals surface area contributed by atoms with Gasteiger partial charge in [-0.05, 0) is 42.2 Å². The van der Waals surface area contributed by atoms with E-state index in [1.165, 1.54) is 11.1 Å². The number of hydrogen-bond donors (Lipinski definition) is 1. The molecule has 116 valence electrons. The Labute approximate surface area is 138 Å². The maximum absolute atomic E-state index is 5.99. The summed E-state index contributed by atoms with van der Waals surface area (Å²) < 4.78 is 1.83. The van der Waals surface area contributed by atoms with E-state index in [4.69, 9.17) is 10.8 Å². The number of benzene rings is 2. The largest absolute Gasteiger partial charge is 0.399 e. The van der Waals surface area contributed by atoms with E-state index in [0.29, 0.717) is 0 Å². The molecule has 5 rings (SSSR count). The molecule has 0 aliphatic heterocycles. The average molecular weight is 313 g/mol. The molecule has 0 bridgehead atoms. The molecule has 0 fully saturated rings. The molecule has 4 aromatic rings. The van der Waals surface area contributed by atoms with Gasteiger partial charge in [0.25, 0.3) is 0 Å². The van der Waals surface area contributed by atoms with Crippen molar-refractivity contribution in [2.24, 2.45) is 0 Å². The van der Waals surface area contributed by atoms with Gasteiger partial charge in [0.15, 0.2) is 11.5 Å². The minimum Gasteiger partial charge on any atom is -0.399 e. The zero-order chi connectivity index (χ0) is 16.1. The van der Waals surface area contributed by atoms with Gasteiger partial charge in [-0.1, -0.05) is 36.4 Å². The van der Waals surface area contributed by atoms with Gasteiger partial charge in [0, 0.05) is 16.8 Å². The van der Waals surface area contributed by atoms with Crippen LogP contribution in [-0.4, -0.2) is 19.8 Å². The van der Waals surface area contributed by atoms with Gasteiger partial charge in [-0.15, -0.1) is 10.2 Å². The maximum atomic E-state index is 5.99. The van der Waals surface area contributed by atoms with E-state index < -0.39 is 0 Å². The summed E-state index contributed by atoms with van der Waals surface area (Å²) in [5, 5.41) is 13.5. The lowest BCUT2D eigenvalue weighted by molar-refractivity contribution is 0.872. The van der Waals surface area contributed by atoms with Gasteiger partial charge in [-0.25, -0.2) is 0 Å². The third-order valence-electron chi connectivity index (χ3n) is 4.56. The van der Waals surface area contributed by atoms with Crippen LogP contribution in [0.1, 0.15) is 11.1 Å². The van der Waals surface area contributed by atoms with Crippen LogP contribution in [0.3, 0.4) is 0 Å². The highest BCUT2D eigenvalue weighted by atomic mass is 15.4. The number of nitrogens with zero attached hydrogens (tertiary/aromatic N) is 4. The van der Waals surface area contributed by atoms with Crippen molar-refractivity contribution in [3.63, 3.8) is 0 Å². The molecule has 24 heavy (non-hydrogen) atoms. The Morgan fingerprint density at radius 1 is 0.875 bits per heavy atom. The SMILES string of the molecule is Nc1ccc2c(c1)-c1nn3c(-c4ccccc4)nnc3cc1CC2. The van der Waals surface area contributed by atoms with Crippen LogP contribution in [0.4, 0.5) is 5.69 Å². The third-order valence-corrected chi connectivity index (χ3v) is 4.56. The molecule has 2 N–H and O–H groups in total. The smallest absolute Gasteiger partial charge is 0.185 e. The molecule has 5 heteroatoms. The number of anilines is 1. The fourth-order valence-electron chi connectivity index (χ4n) is 3.36. The van der Waals surface area contributed by atoms with Gasteiger partial charge in [0.1, 0.15) is 0 Å². The summed E-state index contributed by atoms with van der Waals surface area (Å²) >= 11 is 0. The van der Waals surface area contributed by atoms with Crippen LogP contribution < -0.4 is 5.73 Å². The van der Waals surface area contributed by atoms with Crippen LogP contribution >= 0.6 is 0 Å². The molecular formula is C19H15N5. The zero-order valence-corrected chi connectivity index (χ0v) is 13.0. The third kappa shape index (κ3) is 1.91. The van der Waals surface area contributed by atoms with Crippen molar-refractivity contribution in [2.75, 3.05) is 5.73 Å². The van der Waals surface area contributed by atoms with Crippen molar-refractivity contribution in [1.82, 2.24) is 19.8 Å². The van der Waals surface area contributed by atoms with Gasteiger partial charge in [0.05, 0.1) is 5.69 Å². The molecule has 0 saturated heterocycles.